The molecule has 5 aromatic carbocycles. The Morgan fingerprint density at radius 2 is 0.672 bits per heavy atom. The molecule has 322 valence electrons. The van der Waals surface area contributed by atoms with Crippen molar-refractivity contribution in [1.29, 1.82) is 5.26 Å². The number of benzene rings is 5. The molecule has 61 heavy (non-hydrogen) atoms. The maximum absolute atomic E-state index is 12.6. The number of nitrogens with zero attached hydrogens (tertiary/aromatic N) is 1. The van der Waals surface area contributed by atoms with E-state index in [4.69, 9.17) is 24.2 Å². The average Bonchev–Trinajstić information content (AvgIpc) is 3.31. The third-order valence-corrected chi connectivity index (χ3v) is 11.1. The van der Waals surface area contributed by atoms with Crippen LogP contribution >= 0.6 is 0 Å². The summed E-state index contributed by atoms with van der Waals surface area (Å²) >= 11 is 0. The molecule has 0 N–H and O–H groups in total. The maximum Gasteiger partial charge on any atom is 0.338 e. The van der Waals surface area contributed by atoms with Gasteiger partial charge in [-0.25, -0.2) is 4.79 Å². The smallest absolute Gasteiger partial charge is 0.338 e. The zero-order valence-corrected chi connectivity index (χ0v) is 36.4. The number of ether oxygens (including phenoxy) is 4. The quantitative estimate of drug-likeness (QED) is 0.0327. The minimum Gasteiger partial charge on any atom is -0.494 e. The second-order valence-corrected chi connectivity index (χ2v) is 16.0. The lowest BCUT2D eigenvalue weighted by atomic mass is 10.0. The number of carbonyl (C=O) groups is 1. The van der Waals surface area contributed by atoms with Crippen molar-refractivity contribution >= 4 is 5.97 Å². The summed E-state index contributed by atoms with van der Waals surface area (Å²) in [5, 5.41) is 8.99. The van der Waals surface area contributed by atoms with Gasteiger partial charge in [0.15, 0.2) is 0 Å². The summed E-state index contributed by atoms with van der Waals surface area (Å²) in [5.41, 5.74) is 5.64. The molecule has 5 aromatic rings. The molecule has 0 atom stereocenters. The van der Waals surface area contributed by atoms with Crippen LogP contribution in [-0.4, -0.2) is 32.4 Å². The topological polar surface area (TPSA) is 77.8 Å². The zero-order valence-electron chi connectivity index (χ0n) is 36.4. The standard InChI is InChI=1S/C55H67NO5/c56-45-46-25-27-47(28-26-46)49-33-37-53(38-34-49)59-42-21-14-10-6-3-7-11-15-22-44-61-55(57)51-31-29-48(30-32-51)50-35-39-54(40-36-50)60-43-20-13-9-5-2-1-4-8-12-19-41-58-52-23-17-16-18-24-52/h16-18,23-40H,1-15,19-22,41-44H2. The number of nitriles is 1. The summed E-state index contributed by atoms with van der Waals surface area (Å²) in [7, 11) is 0. The van der Waals surface area contributed by atoms with Gasteiger partial charge in [-0.15, -0.1) is 0 Å². The molecule has 0 saturated heterocycles. The van der Waals surface area contributed by atoms with Crippen LogP contribution in [0.3, 0.4) is 0 Å². The van der Waals surface area contributed by atoms with Gasteiger partial charge in [0.1, 0.15) is 17.2 Å². The molecule has 0 aliphatic heterocycles. The van der Waals surface area contributed by atoms with E-state index in [1.54, 1.807) is 0 Å². The van der Waals surface area contributed by atoms with Crippen LogP contribution in [0.25, 0.3) is 22.3 Å². The van der Waals surface area contributed by atoms with E-state index in [0.29, 0.717) is 17.7 Å². The van der Waals surface area contributed by atoms with Gasteiger partial charge in [0.25, 0.3) is 0 Å². The van der Waals surface area contributed by atoms with Crippen molar-refractivity contribution in [3.63, 3.8) is 0 Å². The van der Waals surface area contributed by atoms with Crippen LogP contribution in [0.15, 0.2) is 127 Å². The molecule has 0 radical (unpaired) electrons. The maximum atomic E-state index is 12.6. The van der Waals surface area contributed by atoms with E-state index in [9.17, 15) is 4.79 Å². The SMILES string of the molecule is N#Cc1ccc(-c2ccc(OCCCCCCCCCCCOC(=O)c3ccc(-c4ccc(OCCCCCCCCCCCCOc5ccccc5)cc4)cc3)cc2)cc1. The van der Waals surface area contributed by atoms with Crippen LogP contribution in [-0.2, 0) is 4.74 Å². The van der Waals surface area contributed by atoms with Crippen LogP contribution in [0.4, 0.5) is 0 Å². The van der Waals surface area contributed by atoms with Crippen molar-refractivity contribution in [2.24, 2.45) is 0 Å². The van der Waals surface area contributed by atoms with Crippen LogP contribution in [0.1, 0.15) is 138 Å². The van der Waals surface area contributed by atoms with Gasteiger partial charge >= 0.3 is 5.97 Å². The van der Waals surface area contributed by atoms with E-state index >= 15 is 0 Å². The summed E-state index contributed by atoms with van der Waals surface area (Å²) in [6, 6.07) is 44.0. The third-order valence-electron chi connectivity index (χ3n) is 11.1. The fourth-order valence-electron chi connectivity index (χ4n) is 7.42. The number of esters is 1. The molecule has 0 heterocycles. The molecule has 0 fully saturated rings. The van der Waals surface area contributed by atoms with Gasteiger partial charge in [0.2, 0.25) is 0 Å². The predicted molar refractivity (Wildman–Crippen MR) is 249 cm³/mol. The predicted octanol–water partition coefficient (Wildman–Crippen LogP) is 15.0. The molecule has 0 amide bonds. The number of rotatable bonds is 31. The molecule has 5 rings (SSSR count). The Labute approximate surface area is 366 Å². The van der Waals surface area contributed by atoms with Crippen molar-refractivity contribution < 1.29 is 23.7 Å². The Hall–Kier alpha value is -5.54. The van der Waals surface area contributed by atoms with Crippen LogP contribution in [0.5, 0.6) is 17.2 Å². The van der Waals surface area contributed by atoms with Crippen molar-refractivity contribution in [2.75, 3.05) is 26.4 Å². The molecular formula is C55H67NO5. The fraction of sp³-hybridized carbons (Fsp3) is 0.418. The molecule has 0 saturated carbocycles. The first-order valence-electron chi connectivity index (χ1n) is 23.1. The Balaban J connectivity index is 0.794. The van der Waals surface area contributed by atoms with Crippen molar-refractivity contribution in [1.82, 2.24) is 0 Å². The summed E-state index contributed by atoms with van der Waals surface area (Å²) in [6.45, 7) is 2.77. The molecule has 0 aliphatic carbocycles. The Kier molecular flexibility index (Phi) is 22.0. The average molecular weight is 822 g/mol. The van der Waals surface area contributed by atoms with E-state index in [0.717, 1.165) is 91.4 Å². The van der Waals surface area contributed by atoms with Crippen LogP contribution in [0.2, 0.25) is 0 Å². The van der Waals surface area contributed by atoms with Gasteiger partial charge in [0, 0.05) is 0 Å². The molecule has 0 aliphatic rings. The van der Waals surface area contributed by atoms with Crippen molar-refractivity contribution in [2.45, 2.75) is 122 Å². The van der Waals surface area contributed by atoms with E-state index in [-0.39, 0.29) is 5.97 Å². The van der Waals surface area contributed by atoms with E-state index in [1.165, 1.54) is 89.9 Å². The van der Waals surface area contributed by atoms with Gasteiger partial charge in [-0.2, -0.15) is 5.26 Å². The summed E-state index contributed by atoms with van der Waals surface area (Å²) in [4.78, 5) is 12.6. The number of hydrogen-bond acceptors (Lipinski definition) is 6. The lowest BCUT2D eigenvalue weighted by Gasteiger charge is -2.09. The van der Waals surface area contributed by atoms with Gasteiger partial charge in [0.05, 0.1) is 43.6 Å². The highest BCUT2D eigenvalue weighted by atomic mass is 16.5. The lowest BCUT2D eigenvalue weighted by molar-refractivity contribution is 0.0497. The van der Waals surface area contributed by atoms with Gasteiger partial charge in [-0.1, -0.05) is 163 Å². The fourth-order valence-corrected chi connectivity index (χ4v) is 7.42. The summed E-state index contributed by atoms with van der Waals surface area (Å²) in [6.07, 6.45) is 22.9. The van der Waals surface area contributed by atoms with E-state index in [2.05, 4.69) is 30.3 Å². The molecule has 0 aromatic heterocycles. The number of para-hydroxylation sites is 1. The minimum atomic E-state index is -0.254. The molecule has 0 spiro atoms. The highest BCUT2D eigenvalue weighted by Crippen LogP contribution is 2.25. The highest BCUT2D eigenvalue weighted by molar-refractivity contribution is 5.90. The first-order valence-corrected chi connectivity index (χ1v) is 23.1. The first kappa shape index (κ1) is 46.5. The molecule has 6 nitrogen and oxygen atoms in total. The second kappa shape index (κ2) is 28.8. The molecular weight excluding hydrogens is 755 g/mol. The summed E-state index contributed by atoms with van der Waals surface area (Å²) in [5.74, 6) is 2.51. The van der Waals surface area contributed by atoms with Gasteiger partial charge in [-0.3, -0.25) is 0 Å². The zero-order chi connectivity index (χ0) is 42.4. The lowest BCUT2D eigenvalue weighted by Crippen LogP contribution is -2.06. The highest BCUT2D eigenvalue weighted by Gasteiger charge is 2.08. The van der Waals surface area contributed by atoms with Crippen molar-refractivity contribution in [3.05, 3.63) is 139 Å². The largest absolute Gasteiger partial charge is 0.494 e. The molecule has 6 heteroatoms. The van der Waals surface area contributed by atoms with Crippen LogP contribution < -0.4 is 14.2 Å². The molecule has 0 bridgehead atoms. The van der Waals surface area contributed by atoms with E-state index in [1.807, 2.05) is 103 Å². The Morgan fingerprint density at radius 1 is 0.361 bits per heavy atom. The van der Waals surface area contributed by atoms with Crippen molar-refractivity contribution in [3.8, 4) is 45.6 Å². The normalized spacial score (nSPS) is 10.9. The van der Waals surface area contributed by atoms with E-state index < -0.39 is 0 Å². The Bertz CT molecular complexity index is 1930. The minimum absolute atomic E-state index is 0.254. The third kappa shape index (κ3) is 18.7. The number of unbranched alkanes of at least 4 members (excludes halogenated alkanes) is 17. The Morgan fingerprint density at radius 3 is 1.05 bits per heavy atom. The number of carbonyl (C=O) groups excluding carboxylic acids is 1. The first-order chi connectivity index (χ1) is 30.2. The second-order valence-electron chi connectivity index (χ2n) is 16.0. The number of hydrogen-bond donors (Lipinski definition) is 0. The van der Waals surface area contributed by atoms with Crippen LogP contribution in [0, 0.1) is 11.3 Å². The van der Waals surface area contributed by atoms with Gasteiger partial charge < -0.3 is 18.9 Å². The molecule has 0 unspecified atom stereocenters. The van der Waals surface area contributed by atoms with Gasteiger partial charge in [-0.05, 0) is 109 Å². The summed E-state index contributed by atoms with van der Waals surface area (Å²) < 4.78 is 23.3. The monoisotopic (exact) mass is 822 g/mol.